The third kappa shape index (κ3) is 4.35. The third-order valence-corrected chi connectivity index (χ3v) is 7.10. The molecular formula is C23H24N4O5S. The van der Waals surface area contributed by atoms with Gasteiger partial charge in [0.2, 0.25) is 15.9 Å². The molecule has 9 nitrogen and oxygen atoms in total. The van der Waals surface area contributed by atoms with Crippen LogP contribution in [0.5, 0.6) is 5.75 Å². The highest BCUT2D eigenvalue weighted by Gasteiger charge is 2.33. The molecule has 3 aromatic carbocycles. The first-order valence-electron chi connectivity index (χ1n) is 10.2. The van der Waals surface area contributed by atoms with Gasteiger partial charge in [0, 0.05) is 17.7 Å². The van der Waals surface area contributed by atoms with Crippen molar-refractivity contribution in [3.05, 3.63) is 82.2 Å². The number of hydrogen-bond donors (Lipinski definition) is 3. The van der Waals surface area contributed by atoms with E-state index in [0.29, 0.717) is 5.69 Å². The lowest BCUT2D eigenvalue weighted by Gasteiger charge is -2.24. The molecule has 0 aliphatic rings. The fourth-order valence-electron chi connectivity index (χ4n) is 4.00. The minimum Gasteiger partial charge on any atom is -0.495 e. The number of aryl methyl sites for hydroxylation is 1. The molecule has 4 aromatic rings. The Hall–Kier alpha value is -3.63. The van der Waals surface area contributed by atoms with Gasteiger partial charge < -0.3 is 14.9 Å². The second kappa shape index (κ2) is 8.72. The molecule has 0 radical (unpaired) electrons. The second-order valence-electron chi connectivity index (χ2n) is 7.77. The molecule has 0 bridgehead atoms. The maximum Gasteiger partial charge on any atom is 0.434 e. The predicted octanol–water partition coefficient (Wildman–Crippen LogP) is 3.24. The van der Waals surface area contributed by atoms with Gasteiger partial charge >= 0.3 is 5.76 Å². The van der Waals surface area contributed by atoms with Crippen LogP contribution in [0, 0.1) is 6.92 Å². The number of fused-ring (bicyclic) bond motifs is 1. The van der Waals surface area contributed by atoms with Crippen LogP contribution in [0.4, 0.5) is 5.69 Å². The molecule has 0 saturated heterocycles. The molecule has 0 aliphatic heterocycles. The molecule has 10 heteroatoms. The number of anilines is 1. The summed E-state index contributed by atoms with van der Waals surface area (Å²) < 4.78 is 39.8. The quantitative estimate of drug-likeness (QED) is 0.354. The summed E-state index contributed by atoms with van der Waals surface area (Å²) in [6, 6.07) is 15.0. The lowest BCUT2D eigenvalue weighted by atomic mass is 9.88. The van der Waals surface area contributed by atoms with Crippen LogP contribution in [-0.2, 0) is 10.0 Å². The molecule has 1 aromatic heterocycles. The van der Waals surface area contributed by atoms with Crippen LogP contribution in [0.1, 0.15) is 35.9 Å². The van der Waals surface area contributed by atoms with Gasteiger partial charge in [-0.3, -0.25) is 0 Å². The van der Waals surface area contributed by atoms with Crippen LogP contribution < -0.4 is 20.9 Å². The van der Waals surface area contributed by atoms with E-state index >= 15 is 0 Å². The Morgan fingerprint density at radius 3 is 2.55 bits per heavy atom. The van der Waals surface area contributed by atoms with Crippen molar-refractivity contribution in [3.63, 3.8) is 0 Å². The summed E-state index contributed by atoms with van der Waals surface area (Å²) in [5.74, 6) is -1.20. The van der Waals surface area contributed by atoms with Crippen LogP contribution in [0.2, 0.25) is 0 Å². The zero-order valence-corrected chi connectivity index (χ0v) is 19.1. The first-order valence-corrected chi connectivity index (χ1v) is 11.7. The highest BCUT2D eigenvalue weighted by atomic mass is 32.2. The molecule has 0 amide bonds. The van der Waals surface area contributed by atoms with Gasteiger partial charge in [0.05, 0.1) is 7.11 Å². The van der Waals surface area contributed by atoms with Crippen molar-refractivity contribution in [3.8, 4) is 5.75 Å². The molecular weight excluding hydrogens is 444 g/mol. The summed E-state index contributed by atoms with van der Waals surface area (Å²) in [4.78, 5) is 11.6. The monoisotopic (exact) mass is 468 g/mol. The first-order chi connectivity index (χ1) is 15.7. The van der Waals surface area contributed by atoms with E-state index in [2.05, 4.69) is 14.9 Å². The average Bonchev–Trinajstić information content (AvgIpc) is 3.22. The van der Waals surface area contributed by atoms with Crippen molar-refractivity contribution < 1.29 is 17.6 Å². The molecule has 1 heterocycles. The average molecular weight is 469 g/mol. The number of nitrogens with two attached hydrogens (primary N) is 1. The van der Waals surface area contributed by atoms with E-state index in [1.165, 1.54) is 25.3 Å². The predicted molar refractivity (Wildman–Crippen MR) is 125 cm³/mol. The minimum absolute atomic E-state index is 0.0731. The zero-order valence-electron chi connectivity index (χ0n) is 18.3. The number of hydrogen-bond acceptors (Lipinski definition) is 7. The fourth-order valence-corrected chi connectivity index (χ4v) is 5.42. The number of nitrogens with one attached hydrogen (secondary N) is 2. The van der Waals surface area contributed by atoms with Gasteiger partial charge in [0.1, 0.15) is 16.7 Å². The fraction of sp³-hybridized carbons (Fsp3) is 0.217. The summed E-state index contributed by atoms with van der Waals surface area (Å²) in [5, 5.41) is 8.15. The largest absolute Gasteiger partial charge is 0.495 e. The Kier molecular flexibility index (Phi) is 5.96. The summed E-state index contributed by atoms with van der Waals surface area (Å²) >= 11 is 0. The van der Waals surface area contributed by atoms with Gasteiger partial charge in [-0.2, -0.15) is 4.72 Å². The number of nitrogen functional groups attached to an aromatic ring is 1. The Morgan fingerprint density at radius 1 is 1.15 bits per heavy atom. The molecule has 0 spiro atoms. The summed E-state index contributed by atoms with van der Waals surface area (Å²) in [6.45, 7) is 3.84. The highest BCUT2D eigenvalue weighted by molar-refractivity contribution is 7.89. The standard InChI is InChI=1S/C23H24N4O5S/c1-13-6-4-7-15-8-5-9-17(20(13)15)14(2)21(22-25-26-23(28)32-22)27-33(29,30)19-11-10-16(24)12-18(19)31-3/h4-12,14,21,27H,24H2,1-3H3,(H,26,28)/t14-,21+/m1/s1. The molecule has 0 saturated carbocycles. The number of H-pyrrole nitrogens is 1. The maximum absolute atomic E-state index is 13.4. The summed E-state index contributed by atoms with van der Waals surface area (Å²) in [7, 11) is -2.76. The van der Waals surface area contributed by atoms with Crippen molar-refractivity contribution in [1.29, 1.82) is 0 Å². The Bertz CT molecular complexity index is 1470. The summed E-state index contributed by atoms with van der Waals surface area (Å²) in [5.41, 5.74) is 8.06. The van der Waals surface area contributed by atoms with Crippen molar-refractivity contribution in [2.75, 3.05) is 12.8 Å². The number of rotatable bonds is 7. The van der Waals surface area contributed by atoms with Crippen LogP contribution >= 0.6 is 0 Å². The van der Waals surface area contributed by atoms with E-state index in [9.17, 15) is 13.2 Å². The van der Waals surface area contributed by atoms with Crippen molar-refractivity contribution in [2.24, 2.45) is 0 Å². The second-order valence-corrected chi connectivity index (χ2v) is 9.45. The number of aromatic nitrogens is 2. The van der Waals surface area contributed by atoms with E-state index in [1.54, 1.807) is 0 Å². The molecule has 4 rings (SSSR count). The van der Waals surface area contributed by atoms with E-state index < -0.39 is 27.7 Å². The van der Waals surface area contributed by atoms with E-state index in [0.717, 1.165) is 21.9 Å². The lowest BCUT2D eigenvalue weighted by molar-refractivity contribution is 0.380. The zero-order chi connectivity index (χ0) is 23.8. The van der Waals surface area contributed by atoms with E-state index in [-0.39, 0.29) is 16.5 Å². The topological polar surface area (TPSA) is 140 Å². The number of aromatic amines is 1. The molecule has 0 aliphatic carbocycles. The van der Waals surface area contributed by atoms with Gasteiger partial charge in [0.25, 0.3) is 0 Å². The molecule has 4 N–H and O–H groups in total. The highest BCUT2D eigenvalue weighted by Crippen LogP contribution is 2.37. The van der Waals surface area contributed by atoms with Crippen LogP contribution in [0.3, 0.4) is 0 Å². The Balaban J connectivity index is 1.83. The number of sulfonamides is 1. The molecule has 2 atom stereocenters. The normalized spacial score (nSPS) is 13.7. The number of nitrogens with zero attached hydrogens (tertiary/aromatic N) is 1. The van der Waals surface area contributed by atoms with Crippen molar-refractivity contribution in [1.82, 2.24) is 14.9 Å². The Morgan fingerprint density at radius 2 is 1.88 bits per heavy atom. The minimum atomic E-state index is -4.12. The van der Waals surface area contributed by atoms with E-state index in [4.69, 9.17) is 14.9 Å². The molecule has 0 fully saturated rings. The smallest absolute Gasteiger partial charge is 0.434 e. The first kappa shape index (κ1) is 22.6. The van der Waals surface area contributed by atoms with Gasteiger partial charge in [-0.1, -0.05) is 43.3 Å². The molecule has 172 valence electrons. The van der Waals surface area contributed by atoms with Gasteiger partial charge in [-0.25, -0.2) is 18.3 Å². The van der Waals surface area contributed by atoms with Crippen molar-refractivity contribution in [2.45, 2.75) is 30.7 Å². The number of benzene rings is 3. The lowest BCUT2D eigenvalue weighted by Crippen LogP contribution is -2.32. The van der Waals surface area contributed by atoms with Crippen molar-refractivity contribution >= 4 is 26.5 Å². The van der Waals surface area contributed by atoms with E-state index in [1.807, 2.05) is 50.2 Å². The summed E-state index contributed by atoms with van der Waals surface area (Å²) in [6.07, 6.45) is 0. The number of ether oxygens (including phenoxy) is 1. The van der Waals surface area contributed by atoms with Crippen LogP contribution in [-0.4, -0.2) is 25.7 Å². The van der Waals surface area contributed by atoms with Gasteiger partial charge in [-0.15, -0.1) is 5.10 Å². The van der Waals surface area contributed by atoms with Crippen LogP contribution in [0.25, 0.3) is 10.8 Å². The molecule has 0 unspecified atom stereocenters. The third-order valence-electron chi connectivity index (χ3n) is 5.62. The Labute approximate surface area is 190 Å². The van der Waals surface area contributed by atoms with Gasteiger partial charge in [0.15, 0.2) is 0 Å². The number of methoxy groups -OCH3 is 1. The van der Waals surface area contributed by atoms with Crippen LogP contribution in [0.15, 0.2) is 68.7 Å². The molecule has 33 heavy (non-hydrogen) atoms. The maximum atomic E-state index is 13.4. The van der Waals surface area contributed by atoms with Gasteiger partial charge in [-0.05, 0) is 41.0 Å². The SMILES string of the molecule is COc1cc(N)ccc1S(=O)(=O)N[C@H](c1n[nH]c(=O)o1)[C@H](C)c1cccc2cccc(C)c12.